The number of H-pyrrole nitrogens is 1. The van der Waals surface area contributed by atoms with Crippen molar-refractivity contribution in [3.05, 3.63) is 53.6 Å². The van der Waals surface area contributed by atoms with E-state index in [4.69, 9.17) is 9.84 Å². The molecule has 124 valence electrons. The first-order valence-corrected chi connectivity index (χ1v) is 7.71. The van der Waals surface area contributed by atoms with Gasteiger partial charge in [-0.05, 0) is 35.9 Å². The van der Waals surface area contributed by atoms with Crippen molar-refractivity contribution in [2.24, 2.45) is 0 Å². The fraction of sp³-hybridized carbons (Fsp3) is 0.222. The van der Waals surface area contributed by atoms with Gasteiger partial charge in [-0.2, -0.15) is 0 Å². The van der Waals surface area contributed by atoms with E-state index in [9.17, 15) is 4.79 Å². The second kappa shape index (κ2) is 7.14. The molecule has 0 unspecified atom stereocenters. The summed E-state index contributed by atoms with van der Waals surface area (Å²) in [5, 5.41) is 11.9. The highest BCUT2D eigenvalue weighted by Gasteiger charge is 2.12. The highest BCUT2D eigenvalue weighted by atomic mass is 16.5. The number of ether oxygens (including phenoxy) is 1. The van der Waals surface area contributed by atoms with Crippen LogP contribution < -0.4 is 10.1 Å². The number of methoxy groups -OCH3 is 1. The van der Waals surface area contributed by atoms with Gasteiger partial charge in [-0.15, -0.1) is 0 Å². The van der Waals surface area contributed by atoms with Crippen LogP contribution in [0, 0.1) is 0 Å². The van der Waals surface area contributed by atoms with Gasteiger partial charge in [-0.1, -0.05) is 12.1 Å². The lowest BCUT2D eigenvalue weighted by Crippen LogP contribution is -2.06. The zero-order valence-corrected chi connectivity index (χ0v) is 13.4. The van der Waals surface area contributed by atoms with E-state index in [1.165, 1.54) is 0 Å². The molecule has 0 aliphatic carbocycles. The van der Waals surface area contributed by atoms with Crippen LogP contribution in [0.4, 0.5) is 5.95 Å². The average Bonchev–Trinajstić information content (AvgIpc) is 3.04. The summed E-state index contributed by atoms with van der Waals surface area (Å²) in [5.74, 6) is 1.34. The lowest BCUT2D eigenvalue weighted by Gasteiger charge is -2.04. The Labute approximate surface area is 139 Å². The SMILES string of the molecule is COc1ccc(C(=O)Cc2cccc3[nH]c(NCCO)nc23)cc1. The molecule has 6 heteroatoms. The largest absolute Gasteiger partial charge is 0.497 e. The number of benzene rings is 2. The van der Waals surface area contributed by atoms with Crippen molar-refractivity contribution in [2.75, 3.05) is 25.6 Å². The van der Waals surface area contributed by atoms with Gasteiger partial charge in [0.25, 0.3) is 0 Å². The zero-order chi connectivity index (χ0) is 16.9. The number of imidazole rings is 1. The van der Waals surface area contributed by atoms with E-state index in [-0.39, 0.29) is 18.8 Å². The van der Waals surface area contributed by atoms with Gasteiger partial charge < -0.3 is 20.1 Å². The van der Waals surface area contributed by atoms with E-state index in [1.54, 1.807) is 31.4 Å². The quantitative estimate of drug-likeness (QED) is 0.581. The van der Waals surface area contributed by atoms with Gasteiger partial charge >= 0.3 is 0 Å². The van der Waals surface area contributed by atoms with E-state index in [0.29, 0.717) is 18.1 Å². The number of hydrogen-bond acceptors (Lipinski definition) is 5. The first-order valence-electron chi connectivity index (χ1n) is 7.71. The maximum absolute atomic E-state index is 12.5. The fourth-order valence-electron chi connectivity index (χ4n) is 2.54. The number of nitrogens with zero attached hydrogens (tertiary/aromatic N) is 1. The Morgan fingerprint density at radius 2 is 2.04 bits per heavy atom. The minimum atomic E-state index is 0.0259. The predicted octanol–water partition coefficient (Wildman–Crippen LogP) is 2.40. The summed E-state index contributed by atoms with van der Waals surface area (Å²) in [6.07, 6.45) is 0.272. The first-order chi connectivity index (χ1) is 11.7. The number of nitrogens with one attached hydrogen (secondary N) is 2. The number of aliphatic hydroxyl groups excluding tert-OH is 1. The van der Waals surface area contributed by atoms with Gasteiger partial charge in [0.2, 0.25) is 5.95 Å². The molecular weight excluding hydrogens is 306 g/mol. The molecule has 2 aromatic carbocycles. The number of carbonyl (C=O) groups is 1. The minimum Gasteiger partial charge on any atom is -0.497 e. The fourth-order valence-corrected chi connectivity index (χ4v) is 2.54. The van der Waals surface area contributed by atoms with Gasteiger partial charge in [0.1, 0.15) is 5.75 Å². The summed E-state index contributed by atoms with van der Waals surface area (Å²) in [5.41, 5.74) is 3.12. The molecular formula is C18H19N3O3. The van der Waals surface area contributed by atoms with E-state index >= 15 is 0 Å². The number of hydrogen-bond donors (Lipinski definition) is 3. The summed E-state index contributed by atoms with van der Waals surface area (Å²) in [6, 6.07) is 12.8. The van der Waals surface area contributed by atoms with E-state index < -0.39 is 0 Å². The maximum Gasteiger partial charge on any atom is 0.201 e. The monoisotopic (exact) mass is 325 g/mol. The number of para-hydroxylation sites is 1. The molecule has 6 nitrogen and oxygen atoms in total. The van der Waals surface area contributed by atoms with Gasteiger partial charge in [0.05, 0.1) is 24.8 Å². The molecule has 3 N–H and O–H groups in total. The number of aliphatic hydroxyl groups is 1. The molecule has 0 fully saturated rings. The van der Waals surface area contributed by atoms with Crippen LogP contribution in [-0.4, -0.2) is 41.1 Å². The van der Waals surface area contributed by atoms with Gasteiger partial charge in [0.15, 0.2) is 5.78 Å². The van der Waals surface area contributed by atoms with E-state index in [1.807, 2.05) is 18.2 Å². The topological polar surface area (TPSA) is 87.2 Å². The normalized spacial score (nSPS) is 10.8. The molecule has 0 aliphatic rings. The van der Waals surface area contributed by atoms with Crippen molar-refractivity contribution in [3.63, 3.8) is 0 Å². The number of Topliss-reactive ketones (excluding diaryl/α,β-unsaturated/α-hetero) is 1. The Morgan fingerprint density at radius 3 is 2.75 bits per heavy atom. The van der Waals surface area contributed by atoms with Crippen molar-refractivity contribution in [3.8, 4) is 5.75 Å². The number of fused-ring (bicyclic) bond motifs is 1. The van der Waals surface area contributed by atoms with Crippen molar-refractivity contribution in [1.29, 1.82) is 0 Å². The number of aromatic nitrogens is 2. The van der Waals surface area contributed by atoms with E-state index in [0.717, 1.165) is 22.3 Å². The van der Waals surface area contributed by atoms with Crippen molar-refractivity contribution in [2.45, 2.75) is 6.42 Å². The highest BCUT2D eigenvalue weighted by molar-refractivity contribution is 5.99. The summed E-state index contributed by atoms with van der Waals surface area (Å²) in [7, 11) is 1.59. The number of ketones is 1. The Morgan fingerprint density at radius 1 is 1.25 bits per heavy atom. The molecule has 0 radical (unpaired) electrons. The van der Waals surface area contributed by atoms with Crippen LogP contribution >= 0.6 is 0 Å². The molecule has 0 aliphatic heterocycles. The smallest absolute Gasteiger partial charge is 0.201 e. The van der Waals surface area contributed by atoms with Crippen molar-refractivity contribution >= 4 is 22.8 Å². The third-order valence-electron chi connectivity index (χ3n) is 3.76. The van der Waals surface area contributed by atoms with Gasteiger partial charge in [0, 0.05) is 18.5 Å². The molecule has 3 rings (SSSR count). The third kappa shape index (κ3) is 3.38. The van der Waals surface area contributed by atoms with Crippen LogP contribution in [-0.2, 0) is 6.42 Å². The number of rotatable bonds is 7. The lowest BCUT2D eigenvalue weighted by molar-refractivity contribution is 0.0993. The van der Waals surface area contributed by atoms with Crippen LogP contribution in [0.2, 0.25) is 0 Å². The van der Waals surface area contributed by atoms with Gasteiger partial charge in [-0.25, -0.2) is 4.98 Å². The molecule has 1 heterocycles. The zero-order valence-electron chi connectivity index (χ0n) is 13.4. The Hall–Kier alpha value is -2.86. The Balaban J connectivity index is 1.83. The van der Waals surface area contributed by atoms with Crippen molar-refractivity contribution in [1.82, 2.24) is 9.97 Å². The van der Waals surface area contributed by atoms with Crippen LogP contribution in [0.25, 0.3) is 11.0 Å². The second-order valence-corrected chi connectivity index (χ2v) is 5.38. The average molecular weight is 325 g/mol. The summed E-state index contributed by atoms with van der Waals surface area (Å²) in [4.78, 5) is 20.1. The first kappa shape index (κ1) is 16.0. The summed E-state index contributed by atoms with van der Waals surface area (Å²) in [6.45, 7) is 0.444. The third-order valence-corrected chi connectivity index (χ3v) is 3.76. The standard InChI is InChI=1S/C18H19N3O3/c1-24-14-7-5-12(6-8-14)16(23)11-13-3-2-4-15-17(13)21-18(20-15)19-9-10-22/h2-8,22H,9-11H2,1H3,(H2,19,20,21). The molecule has 1 aromatic heterocycles. The summed E-state index contributed by atoms with van der Waals surface area (Å²) >= 11 is 0. The molecule has 3 aromatic rings. The molecule has 0 bridgehead atoms. The maximum atomic E-state index is 12.5. The predicted molar refractivity (Wildman–Crippen MR) is 92.7 cm³/mol. The molecule has 0 atom stereocenters. The van der Waals surface area contributed by atoms with E-state index in [2.05, 4.69) is 15.3 Å². The highest BCUT2D eigenvalue weighted by Crippen LogP contribution is 2.21. The second-order valence-electron chi connectivity index (χ2n) is 5.38. The molecule has 0 saturated carbocycles. The molecule has 0 saturated heterocycles. The van der Waals surface area contributed by atoms with Crippen LogP contribution in [0.1, 0.15) is 15.9 Å². The molecule has 0 amide bonds. The Kier molecular flexibility index (Phi) is 4.77. The minimum absolute atomic E-state index is 0.0259. The Bertz CT molecular complexity index is 840. The summed E-state index contributed by atoms with van der Waals surface area (Å²) < 4.78 is 5.11. The van der Waals surface area contributed by atoms with Crippen LogP contribution in [0.3, 0.4) is 0 Å². The van der Waals surface area contributed by atoms with Crippen LogP contribution in [0.15, 0.2) is 42.5 Å². The van der Waals surface area contributed by atoms with Gasteiger partial charge in [-0.3, -0.25) is 4.79 Å². The van der Waals surface area contributed by atoms with Crippen LogP contribution in [0.5, 0.6) is 5.75 Å². The molecule has 0 spiro atoms. The number of carbonyl (C=O) groups excluding carboxylic acids is 1. The van der Waals surface area contributed by atoms with Crippen molar-refractivity contribution < 1.29 is 14.6 Å². The number of aromatic amines is 1. The lowest BCUT2D eigenvalue weighted by atomic mass is 10.0. The molecule has 24 heavy (non-hydrogen) atoms. The number of anilines is 1.